The lowest BCUT2D eigenvalue weighted by atomic mass is 10.0. The van der Waals surface area contributed by atoms with E-state index >= 15 is 0 Å². The number of carbonyl (C=O) groups excluding carboxylic acids is 1. The number of aryl methyl sites for hydroxylation is 1. The molecule has 3 atom stereocenters. The highest BCUT2D eigenvalue weighted by molar-refractivity contribution is 7.09. The van der Waals surface area contributed by atoms with Gasteiger partial charge < -0.3 is 5.32 Å². The molecule has 0 bridgehead atoms. The summed E-state index contributed by atoms with van der Waals surface area (Å²) in [6.07, 6.45) is -3.11. The van der Waals surface area contributed by atoms with Crippen LogP contribution < -0.4 is 5.32 Å². The van der Waals surface area contributed by atoms with Crippen LogP contribution in [0.3, 0.4) is 0 Å². The predicted molar refractivity (Wildman–Crippen MR) is 90.3 cm³/mol. The lowest BCUT2D eigenvalue weighted by Gasteiger charge is -2.14. The summed E-state index contributed by atoms with van der Waals surface area (Å²) in [7, 11) is 0. The molecule has 1 aromatic heterocycles. The van der Waals surface area contributed by atoms with Gasteiger partial charge in [0.2, 0.25) is 5.91 Å². The maximum absolute atomic E-state index is 13.1. The lowest BCUT2D eigenvalue weighted by Crippen LogP contribution is -2.28. The van der Waals surface area contributed by atoms with E-state index in [1.165, 1.54) is 12.1 Å². The molecule has 134 valence electrons. The van der Waals surface area contributed by atoms with Gasteiger partial charge in [-0.3, -0.25) is 4.79 Å². The molecule has 3 rings (SSSR count). The molecule has 0 aliphatic heterocycles. The van der Waals surface area contributed by atoms with Gasteiger partial charge in [0.15, 0.2) is 0 Å². The SMILES string of the molecule is CCc1nc(C(C)NC(=O)C2CC2c2ccccc2C(F)(F)F)cs1. The van der Waals surface area contributed by atoms with Gasteiger partial charge in [-0.05, 0) is 37.3 Å². The minimum atomic E-state index is -4.40. The Morgan fingerprint density at radius 1 is 1.40 bits per heavy atom. The molecule has 3 nitrogen and oxygen atoms in total. The summed E-state index contributed by atoms with van der Waals surface area (Å²) in [4.78, 5) is 16.8. The van der Waals surface area contributed by atoms with E-state index in [1.54, 1.807) is 17.4 Å². The highest BCUT2D eigenvalue weighted by Crippen LogP contribution is 2.51. The van der Waals surface area contributed by atoms with E-state index < -0.39 is 17.7 Å². The van der Waals surface area contributed by atoms with Gasteiger partial charge in [-0.15, -0.1) is 11.3 Å². The van der Waals surface area contributed by atoms with Crippen molar-refractivity contribution >= 4 is 17.2 Å². The molecule has 1 aromatic carbocycles. The molecule has 1 aliphatic rings. The topological polar surface area (TPSA) is 42.0 Å². The quantitative estimate of drug-likeness (QED) is 0.831. The van der Waals surface area contributed by atoms with E-state index in [2.05, 4.69) is 10.3 Å². The van der Waals surface area contributed by atoms with Crippen molar-refractivity contribution in [3.05, 3.63) is 51.5 Å². The number of alkyl halides is 3. The van der Waals surface area contributed by atoms with E-state index in [0.29, 0.717) is 6.42 Å². The number of amides is 1. The number of aromatic nitrogens is 1. The molecule has 1 N–H and O–H groups in total. The molecule has 1 amide bonds. The van der Waals surface area contributed by atoms with Crippen molar-refractivity contribution in [2.75, 3.05) is 0 Å². The number of rotatable bonds is 5. The Labute approximate surface area is 148 Å². The van der Waals surface area contributed by atoms with Gasteiger partial charge >= 0.3 is 6.18 Å². The minimum absolute atomic E-state index is 0.208. The van der Waals surface area contributed by atoms with Crippen molar-refractivity contribution in [3.63, 3.8) is 0 Å². The lowest BCUT2D eigenvalue weighted by molar-refractivity contribution is -0.138. The summed E-state index contributed by atoms with van der Waals surface area (Å²) in [5.41, 5.74) is 0.364. The molecule has 1 saturated carbocycles. The summed E-state index contributed by atoms with van der Waals surface area (Å²) < 4.78 is 39.4. The molecular weight excluding hydrogens is 349 g/mol. The second kappa shape index (κ2) is 6.78. The van der Waals surface area contributed by atoms with Crippen molar-refractivity contribution in [1.82, 2.24) is 10.3 Å². The number of carbonyl (C=O) groups is 1. The molecule has 0 radical (unpaired) electrons. The number of nitrogens with zero attached hydrogens (tertiary/aromatic N) is 1. The zero-order valence-corrected chi connectivity index (χ0v) is 14.7. The first-order chi connectivity index (χ1) is 11.8. The number of nitrogens with one attached hydrogen (secondary N) is 1. The zero-order chi connectivity index (χ0) is 18.2. The molecule has 0 spiro atoms. The fraction of sp³-hybridized carbons (Fsp3) is 0.444. The van der Waals surface area contributed by atoms with Gasteiger partial charge in [-0.2, -0.15) is 13.2 Å². The number of halogens is 3. The van der Waals surface area contributed by atoms with Crippen LogP contribution in [0.15, 0.2) is 29.6 Å². The molecule has 1 aliphatic carbocycles. The monoisotopic (exact) mass is 368 g/mol. The summed E-state index contributed by atoms with van der Waals surface area (Å²) >= 11 is 1.54. The Morgan fingerprint density at radius 3 is 2.76 bits per heavy atom. The largest absolute Gasteiger partial charge is 0.416 e. The average Bonchev–Trinajstić information content (AvgIpc) is 3.22. The van der Waals surface area contributed by atoms with Gasteiger partial charge in [0.1, 0.15) is 0 Å². The average molecular weight is 368 g/mol. The van der Waals surface area contributed by atoms with Crippen LogP contribution in [0.25, 0.3) is 0 Å². The second-order valence-electron chi connectivity index (χ2n) is 6.28. The minimum Gasteiger partial charge on any atom is -0.348 e. The van der Waals surface area contributed by atoms with Gasteiger partial charge in [0.05, 0.1) is 22.3 Å². The molecule has 1 heterocycles. The first-order valence-corrected chi connectivity index (χ1v) is 9.10. The fourth-order valence-corrected chi connectivity index (χ4v) is 3.83. The normalized spacial score (nSPS) is 21.0. The Kier molecular flexibility index (Phi) is 4.86. The second-order valence-corrected chi connectivity index (χ2v) is 7.23. The van der Waals surface area contributed by atoms with Crippen LogP contribution in [-0.4, -0.2) is 10.9 Å². The van der Waals surface area contributed by atoms with E-state index in [-0.39, 0.29) is 23.4 Å². The fourth-order valence-electron chi connectivity index (χ4n) is 2.99. The molecule has 3 unspecified atom stereocenters. The third-order valence-corrected chi connectivity index (χ3v) is 5.48. The predicted octanol–water partition coefficient (Wildman–Crippen LogP) is 4.71. The number of thiazole rings is 1. The smallest absolute Gasteiger partial charge is 0.348 e. The van der Waals surface area contributed by atoms with Crippen LogP contribution in [-0.2, 0) is 17.4 Å². The van der Waals surface area contributed by atoms with Crippen molar-refractivity contribution < 1.29 is 18.0 Å². The maximum atomic E-state index is 13.1. The summed E-state index contributed by atoms with van der Waals surface area (Å²) in [5, 5.41) is 5.79. The highest BCUT2D eigenvalue weighted by atomic mass is 32.1. The molecule has 2 aromatic rings. The number of benzene rings is 1. The Hall–Kier alpha value is -1.89. The van der Waals surface area contributed by atoms with Crippen LogP contribution in [0.2, 0.25) is 0 Å². The Balaban J connectivity index is 1.67. The summed E-state index contributed by atoms with van der Waals surface area (Å²) in [6.45, 7) is 3.85. The Bertz CT molecular complexity index is 772. The van der Waals surface area contributed by atoms with E-state index in [9.17, 15) is 18.0 Å². The number of hydrogen-bond acceptors (Lipinski definition) is 3. The molecule has 7 heteroatoms. The molecule has 25 heavy (non-hydrogen) atoms. The third kappa shape index (κ3) is 3.86. The maximum Gasteiger partial charge on any atom is 0.416 e. The van der Waals surface area contributed by atoms with Gasteiger partial charge in [-0.1, -0.05) is 25.1 Å². The van der Waals surface area contributed by atoms with E-state index in [4.69, 9.17) is 0 Å². The first kappa shape index (κ1) is 17.9. The van der Waals surface area contributed by atoms with Crippen LogP contribution in [0.1, 0.15) is 54.1 Å². The van der Waals surface area contributed by atoms with Gasteiger partial charge in [0, 0.05) is 11.3 Å². The Morgan fingerprint density at radius 2 is 2.12 bits per heavy atom. The summed E-state index contributed by atoms with van der Waals surface area (Å²) in [6, 6.07) is 5.26. The van der Waals surface area contributed by atoms with Crippen LogP contribution in [0.4, 0.5) is 13.2 Å². The molecule has 0 saturated heterocycles. The standard InChI is InChI=1S/C18H19F3N2OS/c1-3-16-23-15(9-25-16)10(2)22-17(24)13-8-12(13)11-6-4-5-7-14(11)18(19,20)21/h4-7,9-10,12-13H,3,8H2,1-2H3,(H,22,24). The summed E-state index contributed by atoms with van der Waals surface area (Å²) in [5.74, 6) is -0.984. The molecular formula is C18H19F3N2OS. The first-order valence-electron chi connectivity index (χ1n) is 8.22. The van der Waals surface area contributed by atoms with Crippen molar-refractivity contribution in [2.24, 2.45) is 5.92 Å². The molecule has 1 fully saturated rings. The van der Waals surface area contributed by atoms with Gasteiger partial charge in [-0.25, -0.2) is 4.98 Å². The van der Waals surface area contributed by atoms with E-state index in [1.807, 2.05) is 19.2 Å². The van der Waals surface area contributed by atoms with Crippen molar-refractivity contribution in [1.29, 1.82) is 0 Å². The third-order valence-electron chi connectivity index (χ3n) is 4.47. The van der Waals surface area contributed by atoms with Crippen molar-refractivity contribution in [3.8, 4) is 0 Å². The van der Waals surface area contributed by atoms with Crippen LogP contribution in [0, 0.1) is 5.92 Å². The van der Waals surface area contributed by atoms with Crippen molar-refractivity contribution in [2.45, 2.75) is 44.8 Å². The van der Waals surface area contributed by atoms with E-state index in [0.717, 1.165) is 23.2 Å². The highest BCUT2D eigenvalue weighted by Gasteiger charge is 2.48. The zero-order valence-electron chi connectivity index (χ0n) is 13.9. The van der Waals surface area contributed by atoms with Gasteiger partial charge in [0.25, 0.3) is 0 Å². The van der Waals surface area contributed by atoms with Crippen LogP contribution >= 0.6 is 11.3 Å². The van der Waals surface area contributed by atoms with Crippen LogP contribution in [0.5, 0.6) is 0 Å². The number of hydrogen-bond donors (Lipinski definition) is 1.